The topological polar surface area (TPSA) is 68.8 Å². The van der Waals surface area contributed by atoms with Gasteiger partial charge in [0, 0.05) is 19.3 Å². The molecule has 0 atom stereocenters. The summed E-state index contributed by atoms with van der Waals surface area (Å²) in [5.41, 5.74) is 3.82. The summed E-state index contributed by atoms with van der Waals surface area (Å²) in [6.07, 6.45) is 3.50. The van der Waals surface area contributed by atoms with Gasteiger partial charge in [-0.15, -0.1) is 5.10 Å². The standard InChI is InChI=1S/C18H22N6O/c1-12(2)23(16-10-19-22(5)11-16)18(25)17-14(4)24(21-20-17)15-8-6-7-13(3)9-15/h6-12H,1-5H3. The van der Waals surface area contributed by atoms with Gasteiger partial charge in [0.1, 0.15) is 0 Å². The zero-order chi connectivity index (χ0) is 18.1. The van der Waals surface area contributed by atoms with Crippen molar-refractivity contribution in [1.82, 2.24) is 24.8 Å². The molecule has 0 unspecified atom stereocenters. The second-order valence-electron chi connectivity index (χ2n) is 6.42. The van der Waals surface area contributed by atoms with Gasteiger partial charge in [0.25, 0.3) is 5.91 Å². The monoisotopic (exact) mass is 338 g/mol. The highest BCUT2D eigenvalue weighted by atomic mass is 16.2. The lowest BCUT2D eigenvalue weighted by molar-refractivity contribution is 0.0974. The molecule has 3 aromatic rings. The van der Waals surface area contributed by atoms with Gasteiger partial charge in [-0.2, -0.15) is 5.10 Å². The van der Waals surface area contributed by atoms with E-state index in [0.717, 1.165) is 16.9 Å². The summed E-state index contributed by atoms with van der Waals surface area (Å²) in [6.45, 7) is 7.80. The number of carbonyl (C=O) groups is 1. The lowest BCUT2D eigenvalue weighted by Gasteiger charge is -2.24. The Kier molecular flexibility index (Phi) is 4.39. The minimum Gasteiger partial charge on any atom is -0.301 e. The lowest BCUT2D eigenvalue weighted by Crippen LogP contribution is -2.37. The summed E-state index contributed by atoms with van der Waals surface area (Å²) in [5.74, 6) is -0.181. The average molecular weight is 338 g/mol. The van der Waals surface area contributed by atoms with Crippen LogP contribution in [-0.2, 0) is 7.05 Å². The van der Waals surface area contributed by atoms with Crippen LogP contribution in [0.1, 0.15) is 35.6 Å². The van der Waals surface area contributed by atoms with E-state index in [4.69, 9.17) is 0 Å². The Hall–Kier alpha value is -2.96. The Labute approximate surface area is 146 Å². The van der Waals surface area contributed by atoms with Crippen molar-refractivity contribution in [2.24, 2.45) is 7.05 Å². The van der Waals surface area contributed by atoms with E-state index in [2.05, 4.69) is 15.4 Å². The molecule has 0 radical (unpaired) electrons. The molecule has 0 aliphatic heterocycles. The first kappa shape index (κ1) is 16.9. The summed E-state index contributed by atoms with van der Waals surface area (Å²) in [7, 11) is 1.83. The zero-order valence-electron chi connectivity index (χ0n) is 15.1. The molecule has 7 heteroatoms. The van der Waals surface area contributed by atoms with E-state index in [1.807, 2.05) is 65.2 Å². The molecule has 0 spiro atoms. The third-order valence-electron chi connectivity index (χ3n) is 4.05. The van der Waals surface area contributed by atoms with E-state index in [1.54, 1.807) is 20.5 Å². The number of nitrogens with zero attached hydrogens (tertiary/aromatic N) is 6. The number of anilines is 1. The molecule has 0 aliphatic carbocycles. The highest BCUT2D eigenvalue weighted by molar-refractivity contribution is 6.05. The van der Waals surface area contributed by atoms with E-state index in [9.17, 15) is 4.79 Å². The number of rotatable bonds is 4. The fourth-order valence-electron chi connectivity index (χ4n) is 2.83. The van der Waals surface area contributed by atoms with Crippen molar-refractivity contribution in [1.29, 1.82) is 0 Å². The third kappa shape index (κ3) is 3.17. The maximum atomic E-state index is 13.1. The van der Waals surface area contributed by atoms with Crippen molar-refractivity contribution in [3.05, 3.63) is 53.6 Å². The molecule has 0 N–H and O–H groups in total. The number of amides is 1. The minimum atomic E-state index is -0.181. The van der Waals surface area contributed by atoms with Crippen molar-refractivity contribution in [3.63, 3.8) is 0 Å². The Bertz CT molecular complexity index is 908. The van der Waals surface area contributed by atoms with Gasteiger partial charge >= 0.3 is 0 Å². The molecule has 1 amide bonds. The van der Waals surface area contributed by atoms with Crippen LogP contribution in [0.3, 0.4) is 0 Å². The first-order chi connectivity index (χ1) is 11.9. The van der Waals surface area contributed by atoms with E-state index < -0.39 is 0 Å². The van der Waals surface area contributed by atoms with Crippen LogP contribution in [-0.4, -0.2) is 36.7 Å². The number of aromatic nitrogens is 5. The fraction of sp³-hybridized carbons (Fsp3) is 0.333. The average Bonchev–Trinajstić information content (AvgIpc) is 3.13. The first-order valence-corrected chi connectivity index (χ1v) is 8.20. The quantitative estimate of drug-likeness (QED) is 0.733. The molecule has 0 fully saturated rings. The second kappa shape index (κ2) is 6.51. The molecular weight excluding hydrogens is 316 g/mol. The SMILES string of the molecule is Cc1cccc(-n2nnc(C(=O)N(c3cnn(C)c3)C(C)C)c2C)c1. The highest BCUT2D eigenvalue weighted by Crippen LogP contribution is 2.21. The Morgan fingerprint density at radius 1 is 1.24 bits per heavy atom. The van der Waals surface area contributed by atoms with Crippen molar-refractivity contribution in [2.45, 2.75) is 33.7 Å². The molecule has 3 rings (SSSR count). The van der Waals surface area contributed by atoms with Gasteiger partial charge < -0.3 is 4.90 Å². The molecule has 0 saturated heterocycles. The van der Waals surface area contributed by atoms with Crippen molar-refractivity contribution in [2.75, 3.05) is 4.90 Å². The van der Waals surface area contributed by atoms with Gasteiger partial charge in [-0.3, -0.25) is 9.48 Å². The summed E-state index contributed by atoms with van der Waals surface area (Å²) < 4.78 is 3.37. The van der Waals surface area contributed by atoms with Gasteiger partial charge in [0.15, 0.2) is 5.69 Å². The lowest BCUT2D eigenvalue weighted by atomic mass is 10.2. The van der Waals surface area contributed by atoms with Crippen molar-refractivity contribution < 1.29 is 4.79 Å². The normalized spacial score (nSPS) is 11.1. The number of hydrogen-bond acceptors (Lipinski definition) is 4. The van der Waals surface area contributed by atoms with Crippen LogP contribution in [0.5, 0.6) is 0 Å². The molecule has 0 aliphatic rings. The molecule has 0 saturated carbocycles. The van der Waals surface area contributed by atoms with Gasteiger partial charge in [0.05, 0.1) is 23.3 Å². The van der Waals surface area contributed by atoms with E-state index in [-0.39, 0.29) is 11.9 Å². The molecule has 130 valence electrons. The number of aryl methyl sites for hydroxylation is 2. The second-order valence-corrected chi connectivity index (χ2v) is 6.42. The number of carbonyl (C=O) groups excluding carboxylic acids is 1. The van der Waals surface area contributed by atoms with Crippen LogP contribution in [0.15, 0.2) is 36.7 Å². The maximum absolute atomic E-state index is 13.1. The van der Waals surface area contributed by atoms with E-state index in [1.165, 1.54) is 0 Å². The smallest absolute Gasteiger partial charge is 0.281 e. The predicted molar refractivity (Wildman–Crippen MR) is 96.0 cm³/mol. The van der Waals surface area contributed by atoms with Gasteiger partial charge in [-0.25, -0.2) is 4.68 Å². The predicted octanol–water partition coefficient (Wildman–Crippen LogP) is 2.67. The van der Waals surface area contributed by atoms with Crippen molar-refractivity contribution >= 4 is 11.6 Å². The van der Waals surface area contributed by atoms with Gasteiger partial charge in [0.2, 0.25) is 0 Å². The molecule has 1 aromatic carbocycles. The molecule has 25 heavy (non-hydrogen) atoms. The summed E-state index contributed by atoms with van der Waals surface area (Å²) in [6, 6.07) is 7.91. The van der Waals surface area contributed by atoms with Crippen LogP contribution < -0.4 is 4.90 Å². The summed E-state index contributed by atoms with van der Waals surface area (Å²) in [4.78, 5) is 14.8. The van der Waals surface area contributed by atoms with E-state index >= 15 is 0 Å². The van der Waals surface area contributed by atoms with Crippen LogP contribution in [0.2, 0.25) is 0 Å². The number of benzene rings is 1. The van der Waals surface area contributed by atoms with E-state index in [0.29, 0.717) is 11.4 Å². The molecule has 7 nitrogen and oxygen atoms in total. The molecule has 0 bridgehead atoms. The van der Waals surface area contributed by atoms with Crippen LogP contribution in [0.25, 0.3) is 5.69 Å². The first-order valence-electron chi connectivity index (χ1n) is 8.20. The fourth-order valence-corrected chi connectivity index (χ4v) is 2.83. The Morgan fingerprint density at radius 3 is 2.60 bits per heavy atom. The summed E-state index contributed by atoms with van der Waals surface area (Å²) >= 11 is 0. The third-order valence-corrected chi connectivity index (χ3v) is 4.05. The zero-order valence-corrected chi connectivity index (χ0v) is 15.1. The molecule has 2 aromatic heterocycles. The largest absolute Gasteiger partial charge is 0.301 e. The Morgan fingerprint density at radius 2 is 2.00 bits per heavy atom. The summed E-state index contributed by atoms with van der Waals surface area (Å²) in [5, 5.41) is 12.5. The van der Waals surface area contributed by atoms with Crippen LogP contribution >= 0.6 is 0 Å². The maximum Gasteiger partial charge on any atom is 0.281 e. The molecule has 2 heterocycles. The highest BCUT2D eigenvalue weighted by Gasteiger charge is 2.27. The van der Waals surface area contributed by atoms with Gasteiger partial charge in [-0.05, 0) is 45.4 Å². The van der Waals surface area contributed by atoms with Crippen LogP contribution in [0, 0.1) is 13.8 Å². The molecular formula is C18H22N6O. The minimum absolute atomic E-state index is 0.0276. The Balaban J connectivity index is 2.00. The number of hydrogen-bond donors (Lipinski definition) is 0. The van der Waals surface area contributed by atoms with Crippen LogP contribution in [0.4, 0.5) is 5.69 Å². The van der Waals surface area contributed by atoms with Gasteiger partial charge in [-0.1, -0.05) is 17.3 Å². The van der Waals surface area contributed by atoms with Crippen molar-refractivity contribution in [3.8, 4) is 5.69 Å².